The van der Waals surface area contributed by atoms with E-state index in [-0.39, 0.29) is 10.8 Å². The fourth-order valence-electron chi connectivity index (χ4n) is 1.28. The van der Waals surface area contributed by atoms with Gasteiger partial charge in [-0.25, -0.2) is 13.6 Å². The number of hydrogen-bond donors (Lipinski definition) is 2. The molecule has 0 fully saturated rings. The summed E-state index contributed by atoms with van der Waals surface area (Å²) in [4.78, 5) is 11.4. The highest BCUT2D eigenvalue weighted by Gasteiger charge is 2.07. The smallest absolute Gasteiger partial charge is 0.238 e. The Morgan fingerprint density at radius 1 is 1.33 bits per heavy atom. The molecular weight excluding hydrogens is 272 g/mol. The van der Waals surface area contributed by atoms with Crippen molar-refractivity contribution in [2.45, 2.75) is 17.9 Å². The second-order valence-electron chi connectivity index (χ2n) is 3.71. The Morgan fingerprint density at radius 2 is 1.94 bits per heavy atom. The van der Waals surface area contributed by atoms with E-state index in [1.54, 1.807) is 23.9 Å². The fraction of sp³-hybridized carbons (Fsp3) is 0.364. The number of hydrogen-bond acceptors (Lipinski definition) is 4. The van der Waals surface area contributed by atoms with E-state index in [0.717, 1.165) is 11.3 Å². The molecule has 3 N–H and O–H groups in total. The monoisotopic (exact) mass is 288 g/mol. The molecule has 0 aliphatic carbocycles. The Kier molecular flexibility index (Phi) is 5.64. The lowest BCUT2D eigenvalue weighted by atomic mass is 10.2. The molecule has 1 amide bonds. The van der Waals surface area contributed by atoms with Crippen molar-refractivity contribution in [3.63, 3.8) is 0 Å². The fourth-order valence-corrected chi connectivity index (χ4v) is 2.19. The van der Waals surface area contributed by atoms with Gasteiger partial charge in [-0.05, 0) is 24.0 Å². The highest BCUT2D eigenvalue weighted by Crippen LogP contribution is 2.08. The average molecular weight is 288 g/mol. The molecule has 0 unspecified atom stereocenters. The standard InChI is InChI=1S/C11H16N2O3S2/c1-17-7-6-11(14)13-8-9-2-4-10(5-3-9)18(12,15)16/h2-5H,6-8H2,1H3,(H,13,14)(H2,12,15,16). The van der Waals surface area contributed by atoms with Crippen molar-refractivity contribution in [1.29, 1.82) is 0 Å². The molecule has 0 aromatic heterocycles. The summed E-state index contributed by atoms with van der Waals surface area (Å²) < 4.78 is 22.1. The molecule has 0 atom stereocenters. The Bertz CT molecular complexity index is 498. The number of carbonyl (C=O) groups is 1. The summed E-state index contributed by atoms with van der Waals surface area (Å²) >= 11 is 1.61. The largest absolute Gasteiger partial charge is 0.352 e. The first-order valence-corrected chi connectivity index (χ1v) is 8.25. The van der Waals surface area contributed by atoms with Gasteiger partial charge >= 0.3 is 0 Å². The minimum atomic E-state index is -3.65. The maximum atomic E-state index is 11.4. The van der Waals surface area contributed by atoms with Crippen LogP contribution in [0.3, 0.4) is 0 Å². The third kappa shape index (κ3) is 5.07. The predicted octanol–water partition coefficient (Wildman–Crippen LogP) is 0.703. The molecule has 0 heterocycles. The lowest BCUT2D eigenvalue weighted by molar-refractivity contribution is -0.120. The van der Waals surface area contributed by atoms with Crippen LogP contribution in [0.5, 0.6) is 0 Å². The summed E-state index contributed by atoms with van der Waals surface area (Å²) in [7, 11) is -3.65. The van der Waals surface area contributed by atoms with Gasteiger partial charge in [0.1, 0.15) is 0 Å². The van der Waals surface area contributed by atoms with Crippen LogP contribution in [0.2, 0.25) is 0 Å². The maximum absolute atomic E-state index is 11.4. The summed E-state index contributed by atoms with van der Waals surface area (Å²) in [5, 5.41) is 7.74. The van der Waals surface area contributed by atoms with Gasteiger partial charge in [-0.1, -0.05) is 12.1 Å². The molecule has 0 aliphatic rings. The van der Waals surface area contributed by atoms with Crippen LogP contribution in [0.1, 0.15) is 12.0 Å². The third-order valence-corrected chi connectivity index (χ3v) is 3.82. The second-order valence-corrected chi connectivity index (χ2v) is 6.26. The van der Waals surface area contributed by atoms with Crippen LogP contribution in [0.4, 0.5) is 0 Å². The zero-order valence-electron chi connectivity index (χ0n) is 10.0. The Morgan fingerprint density at radius 3 is 2.44 bits per heavy atom. The molecular formula is C11H16N2O3S2. The van der Waals surface area contributed by atoms with Gasteiger partial charge in [0.2, 0.25) is 15.9 Å². The first-order chi connectivity index (χ1) is 8.43. The van der Waals surface area contributed by atoms with Crippen LogP contribution in [0, 0.1) is 0 Å². The van der Waals surface area contributed by atoms with Crippen molar-refractivity contribution < 1.29 is 13.2 Å². The highest BCUT2D eigenvalue weighted by molar-refractivity contribution is 7.98. The van der Waals surface area contributed by atoms with Crippen molar-refractivity contribution in [2.75, 3.05) is 12.0 Å². The second kappa shape index (κ2) is 6.77. The number of benzene rings is 1. The number of rotatable bonds is 6. The number of amides is 1. The zero-order valence-corrected chi connectivity index (χ0v) is 11.7. The number of sulfonamides is 1. The maximum Gasteiger partial charge on any atom is 0.238 e. The molecule has 5 nitrogen and oxygen atoms in total. The van der Waals surface area contributed by atoms with Gasteiger partial charge < -0.3 is 5.32 Å². The molecule has 0 spiro atoms. The van der Waals surface area contributed by atoms with Crippen molar-refractivity contribution in [3.8, 4) is 0 Å². The van der Waals surface area contributed by atoms with E-state index in [4.69, 9.17) is 5.14 Å². The number of thioether (sulfide) groups is 1. The van der Waals surface area contributed by atoms with Crippen LogP contribution in [-0.2, 0) is 21.4 Å². The normalized spacial score (nSPS) is 11.2. The molecule has 1 rings (SSSR count). The van der Waals surface area contributed by atoms with Gasteiger partial charge in [-0.3, -0.25) is 4.79 Å². The Hall–Kier alpha value is -1.05. The van der Waals surface area contributed by atoms with Crippen LogP contribution in [0.25, 0.3) is 0 Å². The molecule has 7 heteroatoms. The predicted molar refractivity (Wildman–Crippen MR) is 72.7 cm³/mol. The van der Waals surface area contributed by atoms with Gasteiger partial charge in [0.25, 0.3) is 0 Å². The van der Waals surface area contributed by atoms with Crippen molar-refractivity contribution in [2.24, 2.45) is 5.14 Å². The molecule has 18 heavy (non-hydrogen) atoms. The summed E-state index contributed by atoms with van der Waals surface area (Å²) in [6.45, 7) is 0.387. The minimum absolute atomic E-state index is 0.0140. The number of nitrogens with two attached hydrogens (primary N) is 1. The number of nitrogens with one attached hydrogen (secondary N) is 1. The van der Waals surface area contributed by atoms with Crippen LogP contribution >= 0.6 is 11.8 Å². The lowest BCUT2D eigenvalue weighted by Gasteiger charge is -2.05. The SMILES string of the molecule is CSCCC(=O)NCc1ccc(S(N)(=O)=O)cc1. The Balaban J connectivity index is 2.52. The van der Waals surface area contributed by atoms with E-state index in [9.17, 15) is 13.2 Å². The molecule has 0 bridgehead atoms. The molecule has 0 radical (unpaired) electrons. The summed E-state index contributed by atoms with van der Waals surface area (Å²) in [6.07, 6.45) is 2.43. The molecule has 1 aromatic rings. The van der Waals surface area contributed by atoms with E-state index in [1.165, 1.54) is 12.1 Å². The van der Waals surface area contributed by atoms with E-state index < -0.39 is 10.0 Å². The molecule has 100 valence electrons. The van der Waals surface area contributed by atoms with Crippen molar-refractivity contribution >= 4 is 27.7 Å². The van der Waals surface area contributed by atoms with Gasteiger partial charge in [0, 0.05) is 18.7 Å². The highest BCUT2D eigenvalue weighted by atomic mass is 32.2. The number of carbonyl (C=O) groups excluding carboxylic acids is 1. The van der Waals surface area contributed by atoms with E-state index in [2.05, 4.69) is 5.32 Å². The third-order valence-electron chi connectivity index (χ3n) is 2.27. The van der Waals surface area contributed by atoms with Gasteiger partial charge in [-0.2, -0.15) is 11.8 Å². The molecule has 0 saturated heterocycles. The Labute approximate surface area is 111 Å². The first kappa shape index (κ1) is 15.0. The molecule has 1 aromatic carbocycles. The van der Waals surface area contributed by atoms with E-state index in [0.29, 0.717) is 13.0 Å². The van der Waals surface area contributed by atoms with Crippen LogP contribution in [0.15, 0.2) is 29.2 Å². The van der Waals surface area contributed by atoms with Gasteiger partial charge in [0.05, 0.1) is 4.90 Å². The molecule has 0 saturated carbocycles. The number of primary sulfonamides is 1. The van der Waals surface area contributed by atoms with Crippen molar-refractivity contribution in [3.05, 3.63) is 29.8 Å². The van der Waals surface area contributed by atoms with Gasteiger partial charge in [0.15, 0.2) is 0 Å². The topological polar surface area (TPSA) is 89.3 Å². The molecule has 0 aliphatic heterocycles. The summed E-state index contributed by atoms with van der Waals surface area (Å²) in [6, 6.07) is 6.13. The first-order valence-electron chi connectivity index (χ1n) is 5.31. The average Bonchev–Trinajstić information content (AvgIpc) is 2.33. The minimum Gasteiger partial charge on any atom is -0.352 e. The van der Waals surface area contributed by atoms with E-state index >= 15 is 0 Å². The quantitative estimate of drug-likeness (QED) is 0.806. The summed E-state index contributed by atoms with van der Waals surface area (Å²) in [5.41, 5.74) is 0.833. The van der Waals surface area contributed by atoms with E-state index in [1.807, 2.05) is 6.26 Å². The van der Waals surface area contributed by atoms with Gasteiger partial charge in [-0.15, -0.1) is 0 Å². The summed E-state index contributed by atoms with van der Waals surface area (Å²) in [5.74, 6) is 0.774. The van der Waals surface area contributed by atoms with Crippen LogP contribution < -0.4 is 10.5 Å². The van der Waals surface area contributed by atoms with Crippen molar-refractivity contribution in [1.82, 2.24) is 5.32 Å². The van der Waals surface area contributed by atoms with Crippen LogP contribution in [-0.4, -0.2) is 26.3 Å². The lowest BCUT2D eigenvalue weighted by Crippen LogP contribution is -2.23. The zero-order chi connectivity index (χ0) is 13.6.